The summed E-state index contributed by atoms with van der Waals surface area (Å²) in [4.78, 5) is 10.6. The lowest BCUT2D eigenvalue weighted by Crippen LogP contribution is -2.28. The third-order valence-electron chi connectivity index (χ3n) is 1.86. The number of rotatable bonds is 0. The van der Waals surface area contributed by atoms with Crippen molar-refractivity contribution in [1.82, 2.24) is 0 Å². The van der Waals surface area contributed by atoms with E-state index in [-0.39, 0.29) is 0 Å². The Labute approximate surface area is 62.0 Å². The summed E-state index contributed by atoms with van der Waals surface area (Å²) in [6.07, 6.45) is 3.15. The van der Waals surface area contributed by atoms with Gasteiger partial charge in [0.1, 0.15) is 0 Å². The SMILES string of the molecule is NS1(C(=O)O)CCCCC1. The van der Waals surface area contributed by atoms with Crippen molar-refractivity contribution < 1.29 is 9.90 Å². The zero-order valence-corrected chi connectivity index (χ0v) is 6.69. The van der Waals surface area contributed by atoms with E-state index in [0.717, 1.165) is 30.8 Å². The van der Waals surface area contributed by atoms with Gasteiger partial charge in [0.2, 0.25) is 0 Å². The zero-order chi connectivity index (χ0) is 7.61. The Morgan fingerprint density at radius 2 is 1.80 bits per heavy atom. The predicted molar refractivity (Wildman–Crippen MR) is 43.4 cm³/mol. The molecule has 0 bridgehead atoms. The molecule has 0 aliphatic carbocycles. The van der Waals surface area contributed by atoms with Gasteiger partial charge >= 0.3 is 5.30 Å². The van der Waals surface area contributed by atoms with E-state index >= 15 is 0 Å². The van der Waals surface area contributed by atoms with Crippen LogP contribution >= 0.6 is 10.2 Å². The van der Waals surface area contributed by atoms with Gasteiger partial charge in [-0.15, -0.1) is 0 Å². The minimum absolute atomic E-state index is 0.725. The molecule has 0 amide bonds. The minimum atomic E-state index is -1.74. The number of nitrogens with two attached hydrogens (primary N) is 1. The largest absolute Gasteiger partial charge is 0.473 e. The first-order chi connectivity index (χ1) is 4.65. The molecule has 3 N–H and O–H groups in total. The first-order valence-corrected chi connectivity index (χ1v) is 5.48. The Hall–Kier alpha value is -0.220. The van der Waals surface area contributed by atoms with Crippen LogP contribution in [-0.2, 0) is 0 Å². The fourth-order valence-electron chi connectivity index (χ4n) is 1.17. The molecule has 0 aromatic heterocycles. The Morgan fingerprint density at radius 3 is 2.10 bits per heavy atom. The molecule has 0 aromatic carbocycles. The van der Waals surface area contributed by atoms with Crippen LogP contribution in [0, 0.1) is 0 Å². The van der Waals surface area contributed by atoms with Crippen LogP contribution in [0.4, 0.5) is 4.79 Å². The zero-order valence-electron chi connectivity index (χ0n) is 5.88. The van der Waals surface area contributed by atoms with Crippen molar-refractivity contribution in [1.29, 1.82) is 0 Å². The highest BCUT2D eigenvalue weighted by molar-refractivity contribution is 8.43. The third kappa shape index (κ3) is 1.44. The molecule has 1 fully saturated rings. The number of carboxylic acid groups (broad SMARTS) is 1. The Bertz CT molecular complexity index is 143. The van der Waals surface area contributed by atoms with Crippen molar-refractivity contribution in [2.45, 2.75) is 19.3 Å². The molecular weight excluding hydrogens is 150 g/mol. The van der Waals surface area contributed by atoms with Crippen molar-refractivity contribution >= 4 is 15.5 Å². The molecule has 60 valence electrons. The second kappa shape index (κ2) is 2.80. The summed E-state index contributed by atoms with van der Waals surface area (Å²) in [5, 5.41) is 13.6. The maximum absolute atomic E-state index is 10.6. The topological polar surface area (TPSA) is 63.3 Å². The molecule has 3 nitrogen and oxygen atoms in total. The quantitative estimate of drug-likeness (QED) is 0.569. The molecule has 1 saturated heterocycles. The second-order valence-electron chi connectivity index (χ2n) is 2.68. The summed E-state index contributed by atoms with van der Waals surface area (Å²) in [7, 11) is -1.74. The van der Waals surface area contributed by atoms with Crippen molar-refractivity contribution in [3.8, 4) is 0 Å². The van der Waals surface area contributed by atoms with Crippen LogP contribution in [0.2, 0.25) is 0 Å². The number of hydrogen-bond acceptors (Lipinski definition) is 2. The molecule has 0 aromatic rings. The molecular formula is C6H13NO2S. The van der Waals surface area contributed by atoms with E-state index in [1.165, 1.54) is 0 Å². The van der Waals surface area contributed by atoms with Crippen LogP contribution in [0.1, 0.15) is 19.3 Å². The first-order valence-electron chi connectivity index (χ1n) is 3.44. The molecule has 1 rings (SSSR count). The van der Waals surface area contributed by atoms with Crippen LogP contribution in [0.15, 0.2) is 0 Å². The van der Waals surface area contributed by atoms with Crippen molar-refractivity contribution in [2.24, 2.45) is 5.14 Å². The van der Waals surface area contributed by atoms with Gasteiger partial charge in [0.05, 0.1) is 0 Å². The van der Waals surface area contributed by atoms with Gasteiger partial charge in [0.15, 0.2) is 0 Å². The van der Waals surface area contributed by atoms with Crippen LogP contribution < -0.4 is 5.14 Å². The average molecular weight is 163 g/mol. The van der Waals surface area contributed by atoms with Gasteiger partial charge in [0.25, 0.3) is 0 Å². The van der Waals surface area contributed by atoms with Crippen LogP contribution in [0.25, 0.3) is 0 Å². The molecule has 1 heterocycles. The van der Waals surface area contributed by atoms with E-state index in [1.54, 1.807) is 0 Å². The minimum Gasteiger partial charge on any atom is -0.473 e. The van der Waals surface area contributed by atoms with Crippen LogP contribution in [0.3, 0.4) is 0 Å². The van der Waals surface area contributed by atoms with Gasteiger partial charge in [-0.25, -0.2) is 4.79 Å². The third-order valence-corrected chi connectivity index (χ3v) is 4.59. The summed E-state index contributed by atoms with van der Waals surface area (Å²) in [5.41, 5.74) is 0. The highest BCUT2D eigenvalue weighted by Gasteiger charge is 2.29. The molecule has 0 saturated carbocycles. The average Bonchev–Trinajstić information content (AvgIpc) is 1.89. The predicted octanol–water partition coefficient (Wildman–Crippen LogP) is 1.53. The van der Waals surface area contributed by atoms with E-state index in [9.17, 15) is 4.79 Å². The normalized spacial score (nSPS) is 27.3. The summed E-state index contributed by atoms with van der Waals surface area (Å²) in [5.74, 6) is 1.45. The summed E-state index contributed by atoms with van der Waals surface area (Å²) in [6.45, 7) is 0. The highest BCUT2D eigenvalue weighted by atomic mass is 32.3. The maximum atomic E-state index is 10.6. The van der Waals surface area contributed by atoms with Crippen molar-refractivity contribution in [2.75, 3.05) is 11.5 Å². The van der Waals surface area contributed by atoms with E-state index in [1.807, 2.05) is 0 Å². The first kappa shape index (κ1) is 7.88. The Morgan fingerprint density at radius 1 is 1.30 bits per heavy atom. The fraction of sp³-hybridized carbons (Fsp3) is 0.833. The smallest absolute Gasteiger partial charge is 0.359 e. The molecule has 10 heavy (non-hydrogen) atoms. The molecule has 1 aliphatic heterocycles. The van der Waals surface area contributed by atoms with E-state index < -0.39 is 15.5 Å². The van der Waals surface area contributed by atoms with E-state index in [0.29, 0.717) is 0 Å². The van der Waals surface area contributed by atoms with Crippen LogP contribution in [0.5, 0.6) is 0 Å². The van der Waals surface area contributed by atoms with Crippen molar-refractivity contribution in [3.63, 3.8) is 0 Å². The number of carbonyl (C=O) groups is 1. The van der Waals surface area contributed by atoms with Gasteiger partial charge in [0, 0.05) is 0 Å². The molecule has 1 aliphatic rings. The van der Waals surface area contributed by atoms with E-state index in [4.69, 9.17) is 10.2 Å². The Kier molecular flexibility index (Phi) is 2.21. The van der Waals surface area contributed by atoms with Gasteiger partial charge in [-0.3, -0.25) is 5.14 Å². The Balaban J connectivity index is 2.56. The van der Waals surface area contributed by atoms with Gasteiger partial charge in [-0.1, -0.05) is 16.6 Å². The lowest BCUT2D eigenvalue weighted by atomic mass is 10.3. The van der Waals surface area contributed by atoms with Crippen LogP contribution in [-0.4, -0.2) is 21.9 Å². The van der Waals surface area contributed by atoms with Gasteiger partial charge in [-0.2, -0.15) is 0 Å². The molecule has 0 atom stereocenters. The second-order valence-corrected chi connectivity index (χ2v) is 5.73. The molecule has 4 heteroatoms. The standard InChI is InChI=1S/C6H13NO2S/c7-10(6(8)9)4-2-1-3-5-10/h1-5,7H2,(H,8,9). The molecule has 0 radical (unpaired) electrons. The van der Waals surface area contributed by atoms with E-state index in [2.05, 4.69) is 0 Å². The van der Waals surface area contributed by atoms with Crippen molar-refractivity contribution in [3.05, 3.63) is 0 Å². The van der Waals surface area contributed by atoms with Gasteiger partial charge in [-0.05, 0) is 24.3 Å². The molecule has 0 unspecified atom stereocenters. The monoisotopic (exact) mass is 163 g/mol. The molecule has 0 spiro atoms. The lowest BCUT2D eigenvalue weighted by molar-refractivity contribution is 0.221. The highest BCUT2D eigenvalue weighted by Crippen LogP contribution is 2.45. The summed E-state index contributed by atoms with van der Waals surface area (Å²) < 4.78 is 0. The lowest BCUT2D eigenvalue weighted by Gasteiger charge is -2.33. The van der Waals surface area contributed by atoms with Gasteiger partial charge < -0.3 is 5.11 Å². The number of hydrogen-bond donors (Lipinski definition) is 2. The fourth-order valence-corrected chi connectivity index (χ4v) is 3.16. The summed E-state index contributed by atoms with van der Waals surface area (Å²) in [6, 6.07) is 0. The summed E-state index contributed by atoms with van der Waals surface area (Å²) >= 11 is 0. The maximum Gasteiger partial charge on any atom is 0.359 e.